The molecule has 2 aliphatic rings. The van der Waals surface area contributed by atoms with Crippen molar-refractivity contribution >= 4 is 11.4 Å². The minimum Gasteiger partial charge on any atom is -0.397 e. The van der Waals surface area contributed by atoms with E-state index in [1.54, 1.807) is 25.5 Å². The monoisotopic (exact) mass is 321 g/mol. The van der Waals surface area contributed by atoms with Gasteiger partial charge in [-0.15, -0.1) is 0 Å². The number of aromatic nitrogens is 1. The molecule has 5 N–H and O–H groups in total. The molecule has 0 amide bonds. The number of ether oxygens (including phenoxy) is 2. The van der Waals surface area contributed by atoms with E-state index in [1.807, 2.05) is 0 Å². The van der Waals surface area contributed by atoms with Crippen LogP contribution in [0.4, 0.5) is 5.69 Å². The van der Waals surface area contributed by atoms with Gasteiger partial charge < -0.3 is 30.1 Å². The first-order valence-electron chi connectivity index (χ1n) is 7.59. The molecule has 1 aromatic heterocycles. The molecule has 0 bridgehead atoms. The first-order valence-corrected chi connectivity index (χ1v) is 7.59. The van der Waals surface area contributed by atoms with Crippen molar-refractivity contribution in [1.82, 2.24) is 9.99 Å². The van der Waals surface area contributed by atoms with E-state index in [4.69, 9.17) is 21.1 Å². The Balaban J connectivity index is 1.94. The van der Waals surface area contributed by atoms with Gasteiger partial charge in [-0.3, -0.25) is 4.79 Å². The molecular formula is C15H23N5O3. The standard InChI is InChI=1S/C15H23N5O3/c1-10-15(8-22-9-15)23-4-3-20(10)13-5-11(6-18-14(13)21)12(16)7-19(2)17/h5-7,10H,3-4,8-9,16-17H2,1-2H3,(H,18,21)/b12-7-. The highest BCUT2D eigenvalue weighted by molar-refractivity contribution is 5.65. The number of aromatic amines is 1. The molecule has 2 saturated heterocycles. The lowest BCUT2D eigenvalue weighted by Crippen LogP contribution is -2.68. The van der Waals surface area contributed by atoms with Crippen LogP contribution in [0.25, 0.3) is 5.70 Å². The number of nitrogens with one attached hydrogen (secondary N) is 1. The summed E-state index contributed by atoms with van der Waals surface area (Å²) >= 11 is 0. The molecular weight excluding hydrogens is 298 g/mol. The number of hydrogen-bond donors (Lipinski definition) is 3. The second-order valence-electron chi connectivity index (χ2n) is 6.13. The van der Waals surface area contributed by atoms with Crippen LogP contribution >= 0.6 is 0 Å². The molecule has 2 fully saturated rings. The second-order valence-corrected chi connectivity index (χ2v) is 6.13. The first kappa shape index (κ1) is 15.9. The van der Waals surface area contributed by atoms with E-state index in [0.717, 1.165) is 5.56 Å². The van der Waals surface area contributed by atoms with Gasteiger partial charge in [0.2, 0.25) is 0 Å². The molecule has 3 rings (SSSR count). The molecule has 1 aromatic rings. The summed E-state index contributed by atoms with van der Waals surface area (Å²) in [7, 11) is 1.68. The van der Waals surface area contributed by atoms with Crippen molar-refractivity contribution in [2.45, 2.75) is 18.6 Å². The maximum Gasteiger partial charge on any atom is 0.271 e. The number of morpholine rings is 1. The zero-order chi connectivity index (χ0) is 16.6. The van der Waals surface area contributed by atoms with Gasteiger partial charge in [0.05, 0.1) is 31.6 Å². The van der Waals surface area contributed by atoms with Crippen LogP contribution in [-0.4, -0.2) is 55.0 Å². The van der Waals surface area contributed by atoms with Crippen molar-refractivity contribution in [3.05, 3.63) is 34.4 Å². The number of H-pyrrole nitrogens is 1. The van der Waals surface area contributed by atoms with Crippen LogP contribution in [0.1, 0.15) is 12.5 Å². The largest absolute Gasteiger partial charge is 0.397 e. The summed E-state index contributed by atoms with van der Waals surface area (Å²) in [6, 6.07) is 1.84. The third-order valence-corrected chi connectivity index (χ3v) is 4.51. The molecule has 0 aliphatic carbocycles. The van der Waals surface area contributed by atoms with Crippen molar-refractivity contribution in [2.24, 2.45) is 11.6 Å². The van der Waals surface area contributed by atoms with E-state index < -0.39 is 0 Å². The average molecular weight is 321 g/mol. The van der Waals surface area contributed by atoms with Gasteiger partial charge in [0, 0.05) is 31.6 Å². The Kier molecular flexibility index (Phi) is 4.05. The van der Waals surface area contributed by atoms with E-state index >= 15 is 0 Å². The summed E-state index contributed by atoms with van der Waals surface area (Å²) < 4.78 is 11.2. The highest BCUT2D eigenvalue weighted by Crippen LogP contribution is 2.34. The van der Waals surface area contributed by atoms with Gasteiger partial charge >= 0.3 is 0 Å². The van der Waals surface area contributed by atoms with Crippen LogP contribution in [0.3, 0.4) is 0 Å². The highest BCUT2D eigenvalue weighted by Gasteiger charge is 2.50. The zero-order valence-corrected chi connectivity index (χ0v) is 13.4. The Morgan fingerprint density at radius 1 is 1.57 bits per heavy atom. The Morgan fingerprint density at radius 3 is 2.91 bits per heavy atom. The van der Waals surface area contributed by atoms with Crippen molar-refractivity contribution in [2.75, 3.05) is 38.3 Å². The summed E-state index contributed by atoms with van der Waals surface area (Å²) in [6.07, 6.45) is 3.19. The van der Waals surface area contributed by atoms with E-state index in [-0.39, 0.29) is 17.2 Å². The molecule has 8 heteroatoms. The van der Waals surface area contributed by atoms with Gasteiger partial charge in [-0.1, -0.05) is 0 Å². The van der Waals surface area contributed by atoms with Crippen molar-refractivity contribution in [3.8, 4) is 0 Å². The normalized spacial score (nSPS) is 23.7. The van der Waals surface area contributed by atoms with Crippen LogP contribution in [0.5, 0.6) is 0 Å². The molecule has 2 aliphatic heterocycles. The topological polar surface area (TPSA) is 110 Å². The second kappa shape index (κ2) is 5.88. The molecule has 8 nitrogen and oxygen atoms in total. The summed E-state index contributed by atoms with van der Waals surface area (Å²) in [5, 5.41) is 1.37. The Hall–Kier alpha value is -2.03. The number of nitrogens with zero attached hydrogens (tertiary/aromatic N) is 2. The number of pyridine rings is 1. The Morgan fingerprint density at radius 2 is 2.30 bits per heavy atom. The lowest BCUT2D eigenvalue weighted by atomic mass is 9.90. The van der Waals surface area contributed by atoms with E-state index in [0.29, 0.717) is 37.7 Å². The van der Waals surface area contributed by atoms with E-state index in [2.05, 4.69) is 16.8 Å². The van der Waals surface area contributed by atoms with Crippen molar-refractivity contribution in [1.29, 1.82) is 0 Å². The number of rotatable bonds is 3. The number of hydrazine groups is 1. The minimum atomic E-state index is -0.320. The summed E-state index contributed by atoms with van der Waals surface area (Å²) in [5.41, 5.74) is 7.34. The highest BCUT2D eigenvalue weighted by atomic mass is 16.6. The Bertz CT molecular complexity index is 665. The van der Waals surface area contributed by atoms with Crippen LogP contribution in [-0.2, 0) is 9.47 Å². The molecule has 1 atom stereocenters. The molecule has 3 heterocycles. The Labute approximate surface area is 134 Å². The maximum atomic E-state index is 12.3. The van der Waals surface area contributed by atoms with E-state index in [9.17, 15) is 4.79 Å². The molecule has 1 spiro atoms. The van der Waals surface area contributed by atoms with Crippen molar-refractivity contribution in [3.63, 3.8) is 0 Å². The van der Waals surface area contributed by atoms with E-state index in [1.165, 1.54) is 5.01 Å². The lowest BCUT2D eigenvalue weighted by Gasteiger charge is -2.53. The zero-order valence-electron chi connectivity index (χ0n) is 13.4. The maximum absolute atomic E-state index is 12.3. The summed E-state index contributed by atoms with van der Waals surface area (Å²) in [5.74, 6) is 5.59. The van der Waals surface area contributed by atoms with Gasteiger partial charge in [-0.25, -0.2) is 5.84 Å². The van der Waals surface area contributed by atoms with Crippen molar-refractivity contribution < 1.29 is 9.47 Å². The van der Waals surface area contributed by atoms with Gasteiger partial charge in [-0.05, 0) is 13.0 Å². The van der Waals surface area contributed by atoms with Gasteiger partial charge in [-0.2, -0.15) is 0 Å². The minimum absolute atomic E-state index is 0.0451. The number of anilines is 1. The summed E-state index contributed by atoms with van der Waals surface area (Å²) in [4.78, 5) is 17.1. The summed E-state index contributed by atoms with van der Waals surface area (Å²) in [6.45, 7) is 4.38. The fourth-order valence-electron chi connectivity index (χ4n) is 3.05. The number of nitrogens with two attached hydrogens (primary N) is 2. The predicted molar refractivity (Wildman–Crippen MR) is 87.5 cm³/mol. The third-order valence-electron chi connectivity index (χ3n) is 4.51. The molecule has 1 unspecified atom stereocenters. The van der Waals surface area contributed by atoms with Gasteiger partial charge in [0.15, 0.2) is 0 Å². The third kappa shape index (κ3) is 2.80. The SMILES string of the molecule is CC1N(c2cc(/C(N)=C/N(C)N)c[nH]c2=O)CCOC12COC2. The van der Waals surface area contributed by atoms with Crippen LogP contribution in [0.15, 0.2) is 23.3 Å². The van der Waals surface area contributed by atoms with Crippen LogP contribution in [0.2, 0.25) is 0 Å². The molecule has 0 radical (unpaired) electrons. The average Bonchev–Trinajstić information content (AvgIpc) is 2.46. The smallest absolute Gasteiger partial charge is 0.271 e. The van der Waals surface area contributed by atoms with Crippen LogP contribution < -0.4 is 22.0 Å². The number of hydrogen-bond acceptors (Lipinski definition) is 7. The molecule has 23 heavy (non-hydrogen) atoms. The molecule has 126 valence electrons. The van der Waals surface area contributed by atoms with Gasteiger partial charge in [0.25, 0.3) is 5.56 Å². The van der Waals surface area contributed by atoms with Gasteiger partial charge in [0.1, 0.15) is 11.3 Å². The lowest BCUT2D eigenvalue weighted by molar-refractivity contribution is -0.228. The quantitative estimate of drug-likeness (QED) is 0.505. The first-order chi connectivity index (χ1) is 10.9. The van der Waals surface area contributed by atoms with Crippen LogP contribution in [0, 0.1) is 0 Å². The molecule has 0 saturated carbocycles. The molecule has 0 aromatic carbocycles. The predicted octanol–water partition coefficient (Wildman–Crippen LogP) is -0.568. The fraction of sp³-hybridized carbons (Fsp3) is 0.533. The fourth-order valence-corrected chi connectivity index (χ4v) is 3.05.